The third kappa shape index (κ3) is 3.08. The van der Waals surface area contributed by atoms with Crippen molar-refractivity contribution in [2.75, 3.05) is 5.32 Å². The Kier molecular flexibility index (Phi) is 4.45. The number of carbonyl (C=O) groups excluding carboxylic acids is 1. The lowest BCUT2D eigenvalue weighted by atomic mass is 10.0. The summed E-state index contributed by atoms with van der Waals surface area (Å²) >= 11 is 1.43. The molecule has 1 N–H and O–H groups in total. The summed E-state index contributed by atoms with van der Waals surface area (Å²) in [4.78, 5) is 13.5. The molecular formula is C20H16N2OS. The van der Waals surface area contributed by atoms with Crippen LogP contribution in [0.5, 0.6) is 0 Å². The van der Waals surface area contributed by atoms with Crippen LogP contribution in [0.2, 0.25) is 0 Å². The molecule has 4 heteroatoms. The predicted molar refractivity (Wildman–Crippen MR) is 98.3 cm³/mol. The average molecular weight is 332 g/mol. The number of nitriles is 1. The first-order valence-corrected chi connectivity index (χ1v) is 8.38. The fourth-order valence-electron chi connectivity index (χ4n) is 2.47. The van der Waals surface area contributed by atoms with Gasteiger partial charge in [0.05, 0.1) is 5.56 Å². The maximum absolute atomic E-state index is 12.4. The molecule has 0 aliphatic rings. The number of nitrogens with zero attached hydrogens (tertiary/aromatic N) is 1. The molecule has 0 bridgehead atoms. The number of anilines is 1. The topological polar surface area (TPSA) is 52.9 Å². The van der Waals surface area contributed by atoms with Crippen molar-refractivity contribution in [2.24, 2.45) is 0 Å². The van der Waals surface area contributed by atoms with E-state index in [9.17, 15) is 10.1 Å². The molecule has 1 aromatic heterocycles. The number of aryl methyl sites for hydroxylation is 1. The van der Waals surface area contributed by atoms with E-state index in [1.165, 1.54) is 11.3 Å². The van der Waals surface area contributed by atoms with Gasteiger partial charge < -0.3 is 5.32 Å². The normalized spacial score (nSPS) is 10.2. The van der Waals surface area contributed by atoms with Crippen molar-refractivity contribution in [3.63, 3.8) is 0 Å². The van der Waals surface area contributed by atoms with Crippen molar-refractivity contribution >= 4 is 22.2 Å². The zero-order chi connectivity index (χ0) is 17.1. The van der Waals surface area contributed by atoms with Gasteiger partial charge in [-0.25, -0.2) is 0 Å². The number of amides is 1. The van der Waals surface area contributed by atoms with Gasteiger partial charge >= 0.3 is 0 Å². The van der Waals surface area contributed by atoms with Crippen molar-refractivity contribution in [1.29, 1.82) is 5.26 Å². The Hall–Kier alpha value is -2.90. The van der Waals surface area contributed by atoms with Crippen LogP contribution in [0.15, 0.2) is 54.6 Å². The summed E-state index contributed by atoms with van der Waals surface area (Å²) in [5, 5.41) is 12.7. The van der Waals surface area contributed by atoms with E-state index in [0.717, 1.165) is 21.6 Å². The predicted octanol–water partition coefficient (Wildman–Crippen LogP) is 5.16. The molecule has 0 saturated heterocycles. The lowest BCUT2D eigenvalue weighted by Gasteiger charge is -2.05. The highest BCUT2D eigenvalue weighted by Gasteiger charge is 2.15. The van der Waals surface area contributed by atoms with Gasteiger partial charge in [-0.15, -0.1) is 11.3 Å². The Bertz CT molecular complexity index is 919. The van der Waals surface area contributed by atoms with Crippen LogP contribution >= 0.6 is 11.3 Å². The number of hydrogen-bond donors (Lipinski definition) is 1. The van der Waals surface area contributed by atoms with Crippen LogP contribution < -0.4 is 5.32 Å². The first kappa shape index (κ1) is 16.0. The summed E-state index contributed by atoms with van der Waals surface area (Å²) in [7, 11) is 0. The van der Waals surface area contributed by atoms with Crippen molar-refractivity contribution in [1.82, 2.24) is 0 Å². The zero-order valence-corrected chi connectivity index (χ0v) is 14.3. The molecule has 2 aromatic carbocycles. The van der Waals surface area contributed by atoms with E-state index in [2.05, 4.69) is 11.4 Å². The molecule has 24 heavy (non-hydrogen) atoms. The molecule has 0 unspecified atom stereocenters. The van der Waals surface area contributed by atoms with Gasteiger partial charge in [-0.05, 0) is 42.7 Å². The number of nitrogens with one attached hydrogen (secondary N) is 1. The highest BCUT2D eigenvalue weighted by Crippen LogP contribution is 2.32. The number of thiophene rings is 1. The minimum absolute atomic E-state index is 0.202. The maximum Gasteiger partial charge on any atom is 0.256 e. The molecule has 3 nitrogen and oxygen atoms in total. The number of rotatable bonds is 3. The second kappa shape index (κ2) is 6.69. The largest absolute Gasteiger partial charge is 0.312 e. The van der Waals surface area contributed by atoms with Crippen LogP contribution in [-0.2, 0) is 0 Å². The SMILES string of the molecule is Cc1sc(NC(=O)c2ccc(-c3ccccc3)cc2)c(C#N)c1C. The van der Waals surface area contributed by atoms with Crippen LogP contribution in [0.4, 0.5) is 5.00 Å². The standard InChI is InChI=1S/C20H16N2OS/c1-13-14(2)24-20(18(13)12-21)22-19(23)17-10-8-16(9-11-17)15-6-4-3-5-7-15/h3-11H,1-2H3,(H,22,23). The molecule has 0 spiro atoms. The molecule has 1 heterocycles. The summed E-state index contributed by atoms with van der Waals surface area (Å²) in [6, 6.07) is 19.7. The summed E-state index contributed by atoms with van der Waals surface area (Å²) < 4.78 is 0. The monoisotopic (exact) mass is 332 g/mol. The lowest BCUT2D eigenvalue weighted by Crippen LogP contribution is -2.11. The van der Waals surface area contributed by atoms with Gasteiger partial charge in [0.2, 0.25) is 0 Å². The molecule has 3 aromatic rings. The van der Waals surface area contributed by atoms with Gasteiger partial charge in [-0.2, -0.15) is 5.26 Å². The molecule has 0 atom stereocenters. The molecule has 0 aliphatic carbocycles. The van der Waals surface area contributed by atoms with Crippen LogP contribution in [-0.4, -0.2) is 5.91 Å². The first-order valence-electron chi connectivity index (χ1n) is 7.57. The van der Waals surface area contributed by atoms with Gasteiger partial charge in [-0.3, -0.25) is 4.79 Å². The third-order valence-corrected chi connectivity index (χ3v) is 5.10. The molecule has 118 valence electrons. The fraction of sp³-hybridized carbons (Fsp3) is 0.100. The van der Waals surface area contributed by atoms with Crippen molar-refractivity contribution < 1.29 is 4.79 Å². The Morgan fingerprint density at radius 2 is 1.62 bits per heavy atom. The molecular weight excluding hydrogens is 316 g/mol. The van der Waals surface area contributed by atoms with E-state index in [1.807, 2.05) is 56.3 Å². The Balaban J connectivity index is 1.82. The van der Waals surface area contributed by atoms with Crippen LogP contribution in [0.25, 0.3) is 11.1 Å². The molecule has 1 amide bonds. The fourth-order valence-corrected chi connectivity index (χ4v) is 3.48. The van der Waals surface area contributed by atoms with Crippen LogP contribution in [0.3, 0.4) is 0 Å². The van der Waals surface area contributed by atoms with Gasteiger partial charge in [0.15, 0.2) is 0 Å². The van der Waals surface area contributed by atoms with E-state index in [1.54, 1.807) is 12.1 Å². The minimum atomic E-state index is -0.202. The van der Waals surface area contributed by atoms with Gasteiger partial charge in [0.25, 0.3) is 5.91 Å². The van der Waals surface area contributed by atoms with Gasteiger partial charge in [-0.1, -0.05) is 42.5 Å². The van der Waals surface area contributed by atoms with E-state index < -0.39 is 0 Å². The number of carbonyl (C=O) groups is 1. The second-order valence-electron chi connectivity index (χ2n) is 5.50. The molecule has 3 rings (SSSR count). The van der Waals surface area contributed by atoms with Gasteiger partial charge in [0, 0.05) is 10.4 Å². The smallest absolute Gasteiger partial charge is 0.256 e. The Labute approximate surface area is 145 Å². The Morgan fingerprint density at radius 3 is 2.25 bits per heavy atom. The highest BCUT2D eigenvalue weighted by molar-refractivity contribution is 7.16. The van der Waals surface area contributed by atoms with Crippen LogP contribution in [0, 0.1) is 25.2 Å². The molecule has 0 saturated carbocycles. The molecule has 0 aliphatic heterocycles. The summed E-state index contributed by atoms with van der Waals surface area (Å²) in [6.45, 7) is 3.85. The van der Waals surface area contributed by atoms with Gasteiger partial charge in [0.1, 0.15) is 11.1 Å². The third-order valence-electron chi connectivity index (χ3n) is 3.98. The average Bonchev–Trinajstić information content (AvgIpc) is 2.89. The molecule has 0 fully saturated rings. The minimum Gasteiger partial charge on any atom is -0.312 e. The van der Waals surface area contributed by atoms with E-state index in [0.29, 0.717) is 16.1 Å². The zero-order valence-electron chi connectivity index (χ0n) is 13.5. The van der Waals surface area contributed by atoms with Crippen molar-refractivity contribution in [3.8, 4) is 17.2 Å². The quantitative estimate of drug-likeness (QED) is 0.720. The maximum atomic E-state index is 12.4. The lowest BCUT2D eigenvalue weighted by molar-refractivity contribution is 0.102. The molecule has 0 radical (unpaired) electrons. The summed E-state index contributed by atoms with van der Waals surface area (Å²) in [5.74, 6) is -0.202. The van der Waals surface area contributed by atoms with E-state index >= 15 is 0 Å². The number of hydrogen-bond acceptors (Lipinski definition) is 3. The number of benzene rings is 2. The van der Waals surface area contributed by atoms with Crippen LogP contribution in [0.1, 0.15) is 26.4 Å². The Morgan fingerprint density at radius 1 is 1.00 bits per heavy atom. The van der Waals surface area contributed by atoms with E-state index in [-0.39, 0.29) is 5.91 Å². The first-order chi connectivity index (χ1) is 11.6. The highest BCUT2D eigenvalue weighted by atomic mass is 32.1. The van der Waals surface area contributed by atoms with Crippen molar-refractivity contribution in [2.45, 2.75) is 13.8 Å². The van der Waals surface area contributed by atoms with Crippen molar-refractivity contribution in [3.05, 3.63) is 76.2 Å². The second-order valence-corrected chi connectivity index (χ2v) is 6.72. The summed E-state index contributed by atoms with van der Waals surface area (Å²) in [6.07, 6.45) is 0. The van der Waals surface area contributed by atoms with E-state index in [4.69, 9.17) is 0 Å². The summed E-state index contributed by atoms with van der Waals surface area (Å²) in [5.41, 5.74) is 4.22.